The normalized spacial score (nSPS) is 18.4. The van der Waals surface area contributed by atoms with Crippen LogP contribution < -0.4 is 10.6 Å². The number of hydrogen-bond acceptors (Lipinski definition) is 4. The molecule has 1 unspecified atom stereocenters. The number of carbonyl (C=O) groups is 1. The number of rotatable bonds is 6. The number of likely N-dealkylation sites (tertiary alicyclic amines) is 1. The molecule has 1 aliphatic heterocycles. The Balaban J connectivity index is 1.80. The summed E-state index contributed by atoms with van der Waals surface area (Å²) in [6.07, 6.45) is -3.55. The molecular formula is C18H25F3N4O2. The summed E-state index contributed by atoms with van der Waals surface area (Å²) < 4.78 is 42.3. The Kier molecular flexibility index (Phi) is 7.46. The Morgan fingerprint density at radius 2 is 2.04 bits per heavy atom. The number of halogens is 3. The minimum atomic E-state index is -4.18. The fourth-order valence-electron chi connectivity index (χ4n) is 2.89. The first-order chi connectivity index (χ1) is 12.8. The number of aliphatic imine (C=N–C) groups is 1. The van der Waals surface area contributed by atoms with Gasteiger partial charge in [-0.05, 0) is 31.0 Å². The predicted octanol–water partition coefficient (Wildman–Crippen LogP) is 2.16. The van der Waals surface area contributed by atoms with Gasteiger partial charge in [-0.15, -0.1) is 0 Å². The van der Waals surface area contributed by atoms with Crippen LogP contribution in [-0.2, 0) is 11.3 Å². The number of benzene rings is 1. The van der Waals surface area contributed by atoms with Gasteiger partial charge < -0.3 is 15.4 Å². The largest absolute Gasteiger partial charge is 0.462 e. The first-order valence-corrected chi connectivity index (χ1v) is 8.83. The van der Waals surface area contributed by atoms with Gasteiger partial charge >= 0.3 is 12.1 Å². The summed E-state index contributed by atoms with van der Waals surface area (Å²) in [5.74, 6) is 0.169. The van der Waals surface area contributed by atoms with Crippen LogP contribution in [-0.4, -0.2) is 62.3 Å². The van der Waals surface area contributed by atoms with Crippen LogP contribution in [0.15, 0.2) is 29.3 Å². The lowest BCUT2D eigenvalue weighted by molar-refractivity contribution is -0.143. The van der Waals surface area contributed by atoms with Crippen molar-refractivity contribution in [2.45, 2.75) is 32.1 Å². The van der Waals surface area contributed by atoms with Gasteiger partial charge in [0, 0.05) is 32.7 Å². The molecule has 1 aromatic rings. The molecule has 1 fully saturated rings. The highest BCUT2D eigenvalue weighted by Crippen LogP contribution is 2.19. The zero-order chi connectivity index (χ0) is 19.9. The predicted molar refractivity (Wildman–Crippen MR) is 96.6 cm³/mol. The van der Waals surface area contributed by atoms with Gasteiger partial charge in [0.1, 0.15) is 0 Å². The van der Waals surface area contributed by atoms with Crippen LogP contribution >= 0.6 is 0 Å². The number of nitrogens with one attached hydrogen (secondary N) is 2. The second-order valence-electron chi connectivity index (χ2n) is 6.32. The monoisotopic (exact) mass is 386 g/mol. The number of esters is 1. The van der Waals surface area contributed by atoms with Crippen molar-refractivity contribution in [1.82, 2.24) is 15.5 Å². The van der Waals surface area contributed by atoms with Gasteiger partial charge in [-0.25, -0.2) is 4.79 Å². The molecule has 0 spiro atoms. The van der Waals surface area contributed by atoms with Gasteiger partial charge in [-0.2, -0.15) is 13.2 Å². The standard InChI is InChI=1S/C18H25F3N4O2/c1-3-27-16(26)14-6-4-13(5-7-14)10-23-17(22-2)24-15-8-9-25(11-15)12-18(19,20)21/h4-7,15H,3,8-12H2,1-2H3,(H2,22,23,24). The number of carbonyl (C=O) groups excluding carboxylic acids is 1. The third-order valence-corrected chi connectivity index (χ3v) is 4.16. The lowest BCUT2D eigenvalue weighted by Gasteiger charge is -2.19. The van der Waals surface area contributed by atoms with Crippen LogP contribution in [0.5, 0.6) is 0 Å². The van der Waals surface area contributed by atoms with Crippen molar-refractivity contribution in [2.75, 3.05) is 33.3 Å². The molecule has 1 aromatic carbocycles. The van der Waals surface area contributed by atoms with E-state index in [0.29, 0.717) is 44.2 Å². The summed E-state index contributed by atoms with van der Waals surface area (Å²) in [7, 11) is 1.61. The van der Waals surface area contributed by atoms with Crippen molar-refractivity contribution in [2.24, 2.45) is 4.99 Å². The maximum Gasteiger partial charge on any atom is 0.401 e. The van der Waals surface area contributed by atoms with E-state index in [0.717, 1.165) is 5.56 Å². The minimum absolute atomic E-state index is 0.0789. The van der Waals surface area contributed by atoms with E-state index in [-0.39, 0.29) is 12.0 Å². The smallest absolute Gasteiger partial charge is 0.401 e. The van der Waals surface area contributed by atoms with Crippen molar-refractivity contribution in [3.8, 4) is 0 Å². The van der Waals surface area contributed by atoms with E-state index < -0.39 is 12.7 Å². The van der Waals surface area contributed by atoms with Gasteiger partial charge in [-0.1, -0.05) is 12.1 Å². The highest BCUT2D eigenvalue weighted by Gasteiger charge is 2.34. The van der Waals surface area contributed by atoms with E-state index >= 15 is 0 Å². The Hall–Kier alpha value is -2.29. The zero-order valence-electron chi connectivity index (χ0n) is 15.5. The lowest BCUT2D eigenvalue weighted by Crippen LogP contribution is -2.44. The van der Waals surface area contributed by atoms with Crippen molar-refractivity contribution >= 4 is 11.9 Å². The highest BCUT2D eigenvalue weighted by molar-refractivity contribution is 5.89. The molecule has 0 radical (unpaired) electrons. The van der Waals surface area contributed by atoms with Crippen molar-refractivity contribution in [1.29, 1.82) is 0 Å². The number of alkyl halides is 3. The van der Waals surface area contributed by atoms with E-state index in [1.54, 1.807) is 26.1 Å². The molecule has 9 heteroatoms. The molecule has 2 rings (SSSR count). The number of ether oxygens (including phenoxy) is 1. The number of guanidine groups is 1. The molecular weight excluding hydrogens is 361 g/mol. The van der Waals surface area contributed by atoms with Gasteiger partial charge in [0.2, 0.25) is 0 Å². The molecule has 2 N–H and O–H groups in total. The first-order valence-electron chi connectivity index (χ1n) is 8.83. The minimum Gasteiger partial charge on any atom is -0.462 e. The van der Waals surface area contributed by atoms with Crippen molar-refractivity contribution in [3.63, 3.8) is 0 Å². The fourth-order valence-corrected chi connectivity index (χ4v) is 2.89. The molecule has 1 atom stereocenters. The van der Waals surface area contributed by atoms with Crippen LogP contribution in [0.4, 0.5) is 13.2 Å². The summed E-state index contributed by atoms with van der Waals surface area (Å²) in [6, 6.07) is 6.93. The van der Waals surface area contributed by atoms with Crippen molar-refractivity contribution in [3.05, 3.63) is 35.4 Å². The average Bonchev–Trinajstić information content (AvgIpc) is 3.04. The maximum absolute atomic E-state index is 12.5. The lowest BCUT2D eigenvalue weighted by atomic mass is 10.1. The quantitative estimate of drug-likeness (QED) is 0.446. The molecule has 6 nitrogen and oxygen atoms in total. The van der Waals surface area contributed by atoms with Gasteiger partial charge in [0.25, 0.3) is 0 Å². The van der Waals surface area contributed by atoms with E-state index in [1.165, 1.54) is 4.90 Å². The van der Waals surface area contributed by atoms with Gasteiger partial charge in [-0.3, -0.25) is 9.89 Å². The van der Waals surface area contributed by atoms with Crippen molar-refractivity contribution < 1.29 is 22.7 Å². The Labute approximate surface area is 156 Å². The SMILES string of the molecule is CCOC(=O)c1ccc(CNC(=NC)NC2CCN(CC(F)(F)F)C2)cc1. The summed E-state index contributed by atoms with van der Waals surface area (Å²) in [5.41, 5.74) is 1.43. The highest BCUT2D eigenvalue weighted by atomic mass is 19.4. The summed E-state index contributed by atoms with van der Waals surface area (Å²) in [5, 5.41) is 6.29. The summed E-state index contributed by atoms with van der Waals surface area (Å²) >= 11 is 0. The van der Waals surface area contributed by atoms with Crippen LogP contribution in [0.2, 0.25) is 0 Å². The molecule has 150 valence electrons. The first kappa shape index (κ1) is 21.0. The van der Waals surface area contributed by atoms with Crippen LogP contribution in [0, 0.1) is 0 Å². The third kappa shape index (κ3) is 7.09. The molecule has 1 aliphatic rings. The zero-order valence-corrected chi connectivity index (χ0v) is 15.5. The molecule has 0 amide bonds. The van der Waals surface area contributed by atoms with Crippen LogP contribution in [0.25, 0.3) is 0 Å². The fraction of sp³-hybridized carbons (Fsp3) is 0.556. The molecule has 0 aromatic heterocycles. The van der Waals surface area contributed by atoms with Gasteiger partial charge in [0.05, 0.1) is 18.7 Å². The molecule has 1 heterocycles. The van der Waals surface area contributed by atoms with E-state index in [1.807, 2.05) is 12.1 Å². The third-order valence-electron chi connectivity index (χ3n) is 4.16. The molecule has 27 heavy (non-hydrogen) atoms. The molecule has 0 bridgehead atoms. The summed E-state index contributed by atoms with van der Waals surface area (Å²) in [6.45, 7) is 2.40. The van der Waals surface area contributed by atoms with Gasteiger partial charge in [0.15, 0.2) is 5.96 Å². The second kappa shape index (κ2) is 9.59. The van der Waals surface area contributed by atoms with E-state index in [2.05, 4.69) is 15.6 Å². The Morgan fingerprint density at radius 1 is 1.33 bits per heavy atom. The topological polar surface area (TPSA) is 66.0 Å². The second-order valence-corrected chi connectivity index (χ2v) is 6.32. The molecule has 0 saturated carbocycles. The van der Waals surface area contributed by atoms with Crippen LogP contribution in [0.1, 0.15) is 29.3 Å². The number of nitrogens with zero attached hydrogens (tertiary/aromatic N) is 2. The summed E-state index contributed by atoms with van der Waals surface area (Å²) in [4.78, 5) is 17.1. The Bertz CT molecular complexity index is 647. The van der Waals surface area contributed by atoms with E-state index in [4.69, 9.17) is 4.74 Å². The van der Waals surface area contributed by atoms with Crippen LogP contribution in [0.3, 0.4) is 0 Å². The average molecular weight is 386 g/mol. The maximum atomic E-state index is 12.5. The molecule has 1 saturated heterocycles. The van der Waals surface area contributed by atoms with E-state index in [9.17, 15) is 18.0 Å². The number of hydrogen-bond donors (Lipinski definition) is 2. The molecule has 0 aliphatic carbocycles. The Morgan fingerprint density at radius 3 is 2.63 bits per heavy atom.